The SMILES string of the molecule is CCC(NC(=O)C(C)NC)C1CO1. The second-order valence-corrected chi connectivity index (χ2v) is 3.41. The van der Waals surface area contributed by atoms with Gasteiger partial charge in [0, 0.05) is 0 Å². The van der Waals surface area contributed by atoms with Gasteiger partial charge in [-0.25, -0.2) is 0 Å². The fourth-order valence-electron chi connectivity index (χ4n) is 1.18. The molecule has 0 bridgehead atoms. The summed E-state index contributed by atoms with van der Waals surface area (Å²) in [5.74, 6) is 0.0462. The van der Waals surface area contributed by atoms with Crippen LogP contribution in [0.25, 0.3) is 0 Å². The number of nitrogens with one attached hydrogen (secondary N) is 2. The normalized spacial score (nSPS) is 25.0. The Balaban J connectivity index is 2.31. The Morgan fingerprint density at radius 3 is 2.69 bits per heavy atom. The van der Waals surface area contributed by atoms with Crippen LogP contribution in [0.4, 0.5) is 0 Å². The summed E-state index contributed by atoms with van der Waals surface area (Å²) in [4.78, 5) is 11.4. The van der Waals surface area contributed by atoms with Crippen LogP contribution in [0.2, 0.25) is 0 Å². The van der Waals surface area contributed by atoms with Crippen molar-refractivity contribution < 1.29 is 9.53 Å². The van der Waals surface area contributed by atoms with E-state index in [1.54, 1.807) is 7.05 Å². The fraction of sp³-hybridized carbons (Fsp3) is 0.889. The van der Waals surface area contributed by atoms with Crippen molar-refractivity contribution in [3.05, 3.63) is 0 Å². The van der Waals surface area contributed by atoms with Gasteiger partial charge in [-0.2, -0.15) is 0 Å². The molecule has 3 unspecified atom stereocenters. The molecule has 0 radical (unpaired) electrons. The molecule has 0 aromatic rings. The summed E-state index contributed by atoms with van der Waals surface area (Å²) in [6, 6.07) is 0.0519. The third-order valence-electron chi connectivity index (χ3n) is 2.40. The van der Waals surface area contributed by atoms with Crippen LogP contribution in [0.3, 0.4) is 0 Å². The number of carbonyl (C=O) groups is 1. The minimum absolute atomic E-state index is 0.0462. The van der Waals surface area contributed by atoms with Gasteiger partial charge in [-0.05, 0) is 20.4 Å². The van der Waals surface area contributed by atoms with Gasteiger partial charge in [0.15, 0.2) is 0 Å². The summed E-state index contributed by atoms with van der Waals surface area (Å²) in [6.07, 6.45) is 1.17. The summed E-state index contributed by atoms with van der Waals surface area (Å²) in [5, 5.41) is 5.85. The monoisotopic (exact) mass is 186 g/mol. The van der Waals surface area contributed by atoms with Crippen molar-refractivity contribution in [3.63, 3.8) is 0 Å². The van der Waals surface area contributed by atoms with Crippen LogP contribution in [-0.2, 0) is 9.53 Å². The van der Waals surface area contributed by atoms with E-state index in [2.05, 4.69) is 17.6 Å². The van der Waals surface area contributed by atoms with Crippen LogP contribution in [0, 0.1) is 0 Å². The van der Waals surface area contributed by atoms with Gasteiger partial charge in [0.25, 0.3) is 0 Å². The average molecular weight is 186 g/mol. The van der Waals surface area contributed by atoms with Crippen molar-refractivity contribution >= 4 is 5.91 Å². The number of amides is 1. The highest BCUT2D eigenvalue weighted by molar-refractivity contribution is 5.81. The van der Waals surface area contributed by atoms with Crippen LogP contribution >= 0.6 is 0 Å². The van der Waals surface area contributed by atoms with Crippen molar-refractivity contribution in [2.24, 2.45) is 0 Å². The minimum atomic E-state index is -0.132. The molecule has 1 heterocycles. The highest BCUT2D eigenvalue weighted by Crippen LogP contribution is 2.16. The molecule has 0 aromatic carbocycles. The van der Waals surface area contributed by atoms with Crippen LogP contribution in [-0.4, -0.2) is 37.7 Å². The Morgan fingerprint density at radius 1 is 1.69 bits per heavy atom. The molecular weight excluding hydrogens is 168 g/mol. The predicted octanol–water partition coefficient (Wildman–Crippen LogP) is -0.112. The molecule has 1 saturated heterocycles. The molecule has 0 spiro atoms. The van der Waals surface area contributed by atoms with E-state index in [1.165, 1.54) is 0 Å². The Bertz CT molecular complexity index is 180. The average Bonchev–Trinajstić information content (AvgIpc) is 2.95. The van der Waals surface area contributed by atoms with Crippen molar-refractivity contribution in [2.75, 3.05) is 13.7 Å². The number of hydrogen-bond donors (Lipinski definition) is 2. The minimum Gasteiger partial charge on any atom is -0.371 e. The van der Waals surface area contributed by atoms with Gasteiger partial charge in [-0.1, -0.05) is 6.92 Å². The quantitative estimate of drug-likeness (QED) is 0.589. The first kappa shape index (κ1) is 10.5. The molecule has 1 aliphatic heterocycles. The number of rotatable bonds is 5. The van der Waals surface area contributed by atoms with Crippen LogP contribution in [0.5, 0.6) is 0 Å². The molecule has 13 heavy (non-hydrogen) atoms. The number of likely N-dealkylation sites (N-methyl/N-ethyl adjacent to an activating group) is 1. The van der Waals surface area contributed by atoms with E-state index >= 15 is 0 Å². The number of ether oxygens (including phenoxy) is 1. The Morgan fingerprint density at radius 2 is 2.31 bits per heavy atom. The Hall–Kier alpha value is -0.610. The standard InChI is InChI=1S/C9H18N2O2/c1-4-7(8-5-13-8)11-9(12)6(2)10-3/h6-8,10H,4-5H2,1-3H3,(H,11,12). The molecular formula is C9H18N2O2. The van der Waals surface area contributed by atoms with E-state index in [1.807, 2.05) is 6.92 Å². The van der Waals surface area contributed by atoms with Crippen LogP contribution in [0.15, 0.2) is 0 Å². The van der Waals surface area contributed by atoms with Crippen LogP contribution < -0.4 is 10.6 Å². The van der Waals surface area contributed by atoms with E-state index in [4.69, 9.17) is 4.74 Å². The molecule has 0 aliphatic carbocycles. The summed E-state index contributed by atoms with van der Waals surface area (Å²) in [7, 11) is 1.78. The maximum atomic E-state index is 11.4. The fourth-order valence-corrected chi connectivity index (χ4v) is 1.18. The molecule has 76 valence electrons. The molecule has 3 atom stereocenters. The Labute approximate surface area is 79.0 Å². The molecule has 1 rings (SSSR count). The molecule has 1 amide bonds. The first-order valence-corrected chi connectivity index (χ1v) is 4.78. The zero-order valence-corrected chi connectivity index (χ0v) is 8.46. The molecule has 0 saturated carbocycles. The lowest BCUT2D eigenvalue weighted by Gasteiger charge is -2.17. The van der Waals surface area contributed by atoms with E-state index in [0.29, 0.717) is 0 Å². The highest BCUT2D eigenvalue weighted by atomic mass is 16.6. The van der Waals surface area contributed by atoms with E-state index in [9.17, 15) is 4.79 Å². The topological polar surface area (TPSA) is 53.7 Å². The number of carbonyl (C=O) groups excluding carboxylic acids is 1. The number of epoxide rings is 1. The second kappa shape index (κ2) is 4.58. The molecule has 4 heteroatoms. The second-order valence-electron chi connectivity index (χ2n) is 3.41. The van der Waals surface area contributed by atoms with Gasteiger partial charge in [0.2, 0.25) is 5.91 Å². The van der Waals surface area contributed by atoms with Gasteiger partial charge in [0.05, 0.1) is 18.7 Å². The molecule has 2 N–H and O–H groups in total. The van der Waals surface area contributed by atoms with Crippen LogP contribution in [0.1, 0.15) is 20.3 Å². The largest absolute Gasteiger partial charge is 0.371 e. The van der Waals surface area contributed by atoms with Gasteiger partial charge < -0.3 is 15.4 Å². The predicted molar refractivity (Wildman–Crippen MR) is 50.5 cm³/mol. The zero-order chi connectivity index (χ0) is 9.84. The third-order valence-corrected chi connectivity index (χ3v) is 2.40. The van der Waals surface area contributed by atoms with Gasteiger partial charge in [-0.15, -0.1) is 0 Å². The third kappa shape index (κ3) is 2.97. The van der Waals surface area contributed by atoms with Crippen molar-refractivity contribution in [1.82, 2.24) is 10.6 Å². The molecule has 4 nitrogen and oxygen atoms in total. The van der Waals surface area contributed by atoms with Gasteiger partial charge >= 0.3 is 0 Å². The highest BCUT2D eigenvalue weighted by Gasteiger charge is 2.32. The maximum Gasteiger partial charge on any atom is 0.237 e. The van der Waals surface area contributed by atoms with E-state index < -0.39 is 0 Å². The van der Waals surface area contributed by atoms with Crippen molar-refractivity contribution in [2.45, 2.75) is 38.5 Å². The van der Waals surface area contributed by atoms with Crippen molar-refractivity contribution in [3.8, 4) is 0 Å². The van der Waals surface area contributed by atoms with E-state index in [-0.39, 0.29) is 24.1 Å². The van der Waals surface area contributed by atoms with Gasteiger partial charge in [-0.3, -0.25) is 4.79 Å². The maximum absolute atomic E-state index is 11.4. The lowest BCUT2D eigenvalue weighted by Crippen LogP contribution is -2.46. The Kier molecular flexibility index (Phi) is 3.69. The molecule has 1 aliphatic rings. The van der Waals surface area contributed by atoms with Crippen molar-refractivity contribution in [1.29, 1.82) is 0 Å². The van der Waals surface area contributed by atoms with Gasteiger partial charge in [0.1, 0.15) is 6.10 Å². The first-order valence-electron chi connectivity index (χ1n) is 4.78. The smallest absolute Gasteiger partial charge is 0.237 e. The summed E-state index contributed by atoms with van der Waals surface area (Å²) < 4.78 is 5.14. The lowest BCUT2D eigenvalue weighted by molar-refractivity contribution is -0.123. The number of hydrogen-bond acceptors (Lipinski definition) is 3. The zero-order valence-electron chi connectivity index (χ0n) is 8.46. The lowest BCUT2D eigenvalue weighted by atomic mass is 10.1. The molecule has 1 fully saturated rings. The summed E-state index contributed by atoms with van der Waals surface area (Å²) in [6.45, 7) is 4.68. The first-order chi connectivity index (χ1) is 6.19. The van der Waals surface area contributed by atoms with E-state index in [0.717, 1.165) is 13.0 Å². The molecule has 0 aromatic heterocycles. The summed E-state index contributed by atoms with van der Waals surface area (Å²) >= 11 is 0. The summed E-state index contributed by atoms with van der Waals surface area (Å²) in [5.41, 5.74) is 0.